The van der Waals surface area contributed by atoms with Gasteiger partial charge in [0.25, 0.3) is 0 Å². The highest BCUT2D eigenvalue weighted by atomic mass is 79.9. The van der Waals surface area contributed by atoms with Crippen molar-refractivity contribution in [2.24, 2.45) is 0 Å². The first-order valence-electron chi connectivity index (χ1n) is 5.55. The molecule has 1 atom stereocenters. The highest BCUT2D eigenvalue weighted by Crippen LogP contribution is 2.32. The van der Waals surface area contributed by atoms with E-state index in [1.54, 1.807) is 30.3 Å². The van der Waals surface area contributed by atoms with Crippen LogP contribution in [0.5, 0.6) is 0 Å². The molecule has 0 saturated heterocycles. The highest BCUT2D eigenvalue weighted by molar-refractivity contribution is 9.10. The second-order valence-electron chi connectivity index (χ2n) is 4.10. The summed E-state index contributed by atoms with van der Waals surface area (Å²) in [6, 6.07) is 10.1. The van der Waals surface area contributed by atoms with E-state index in [4.69, 9.17) is 11.6 Å². The molecule has 19 heavy (non-hydrogen) atoms. The van der Waals surface area contributed by atoms with Gasteiger partial charge in [0.15, 0.2) is 0 Å². The molecule has 0 bridgehead atoms. The van der Waals surface area contributed by atoms with Crippen LogP contribution in [0, 0.1) is 5.82 Å². The minimum absolute atomic E-state index is 0.176. The van der Waals surface area contributed by atoms with Gasteiger partial charge in [-0.25, -0.2) is 4.39 Å². The molecular formula is C14H10Br2ClFO. The van der Waals surface area contributed by atoms with E-state index >= 15 is 0 Å². The zero-order chi connectivity index (χ0) is 14.0. The Balaban J connectivity index is 2.25. The van der Waals surface area contributed by atoms with E-state index in [0.29, 0.717) is 25.1 Å². The van der Waals surface area contributed by atoms with Gasteiger partial charge in [0.05, 0.1) is 11.1 Å². The summed E-state index contributed by atoms with van der Waals surface area (Å²) in [5.74, 6) is -0.348. The van der Waals surface area contributed by atoms with Gasteiger partial charge in [-0.05, 0) is 39.7 Å². The van der Waals surface area contributed by atoms with E-state index in [2.05, 4.69) is 31.9 Å². The van der Waals surface area contributed by atoms with Crippen molar-refractivity contribution in [3.63, 3.8) is 0 Å². The lowest BCUT2D eigenvalue weighted by atomic mass is 10.0. The SMILES string of the molecule is OC(Cc1ccc(Br)cc1F)c1cccc(Br)c1Cl. The number of aliphatic hydroxyl groups is 1. The van der Waals surface area contributed by atoms with Crippen molar-refractivity contribution in [3.05, 3.63) is 67.3 Å². The van der Waals surface area contributed by atoms with Gasteiger partial charge in [-0.1, -0.05) is 45.7 Å². The van der Waals surface area contributed by atoms with E-state index in [9.17, 15) is 9.50 Å². The maximum Gasteiger partial charge on any atom is 0.127 e. The molecule has 0 heterocycles. The summed E-state index contributed by atoms with van der Waals surface area (Å²) in [6.45, 7) is 0. The molecule has 2 aromatic rings. The normalized spacial score (nSPS) is 12.5. The van der Waals surface area contributed by atoms with Crippen LogP contribution >= 0.6 is 43.5 Å². The Hall–Kier alpha value is -0.420. The molecule has 0 radical (unpaired) electrons. The fourth-order valence-corrected chi connectivity index (χ4v) is 2.75. The molecule has 0 aliphatic heterocycles. The van der Waals surface area contributed by atoms with Gasteiger partial charge in [0, 0.05) is 20.9 Å². The second kappa shape index (κ2) is 6.35. The molecular weight excluding hydrogens is 398 g/mol. The Morgan fingerprint density at radius 2 is 1.95 bits per heavy atom. The molecule has 0 aromatic heterocycles. The van der Waals surface area contributed by atoms with Crippen LogP contribution in [0.15, 0.2) is 45.3 Å². The number of rotatable bonds is 3. The summed E-state index contributed by atoms with van der Waals surface area (Å²) in [7, 11) is 0. The fraction of sp³-hybridized carbons (Fsp3) is 0.143. The monoisotopic (exact) mass is 406 g/mol. The maximum absolute atomic E-state index is 13.7. The fourth-order valence-electron chi connectivity index (χ4n) is 1.78. The third-order valence-corrected chi connectivity index (χ3v) is 4.57. The Kier molecular flexibility index (Phi) is 5.01. The molecule has 0 spiro atoms. The van der Waals surface area contributed by atoms with Crippen molar-refractivity contribution in [2.75, 3.05) is 0 Å². The van der Waals surface area contributed by atoms with E-state index in [-0.39, 0.29) is 12.2 Å². The Bertz CT molecular complexity index is 604. The average molecular weight is 408 g/mol. The van der Waals surface area contributed by atoms with Crippen LogP contribution in [0.1, 0.15) is 17.2 Å². The van der Waals surface area contributed by atoms with E-state index in [0.717, 1.165) is 0 Å². The smallest absolute Gasteiger partial charge is 0.127 e. The summed E-state index contributed by atoms with van der Waals surface area (Å²) >= 11 is 12.6. The van der Waals surface area contributed by atoms with E-state index < -0.39 is 6.10 Å². The Labute approximate surface area is 132 Å². The predicted octanol–water partition coefficient (Wildman–Crippen LogP) is 5.28. The van der Waals surface area contributed by atoms with Crippen molar-refractivity contribution >= 4 is 43.5 Å². The predicted molar refractivity (Wildman–Crippen MR) is 81.9 cm³/mol. The number of halogens is 4. The molecule has 0 saturated carbocycles. The van der Waals surface area contributed by atoms with Crippen molar-refractivity contribution in [1.29, 1.82) is 0 Å². The lowest BCUT2D eigenvalue weighted by Crippen LogP contribution is -2.04. The number of benzene rings is 2. The molecule has 0 aliphatic rings. The zero-order valence-electron chi connectivity index (χ0n) is 9.71. The maximum atomic E-state index is 13.7. The van der Waals surface area contributed by atoms with Crippen LogP contribution < -0.4 is 0 Å². The van der Waals surface area contributed by atoms with Crippen LogP contribution in [0.25, 0.3) is 0 Å². The van der Waals surface area contributed by atoms with Gasteiger partial charge in [0.1, 0.15) is 5.82 Å². The standard InChI is InChI=1S/C14H10Br2ClFO/c15-9-5-4-8(12(18)7-9)6-13(19)10-2-1-3-11(16)14(10)17/h1-5,7,13,19H,6H2. The highest BCUT2D eigenvalue weighted by Gasteiger charge is 2.16. The quantitative estimate of drug-likeness (QED) is 0.733. The van der Waals surface area contributed by atoms with Crippen LogP contribution in [0.3, 0.4) is 0 Å². The Morgan fingerprint density at radius 1 is 1.21 bits per heavy atom. The summed E-state index contributed by atoms with van der Waals surface area (Å²) in [6.07, 6.45) is -0.671. The Morgan fingerprint density at radius 3 is 2.63 bits per heavy atom. The van der Waals surface area contributed by atoms with Gasteiger partial charge >= 0.3 is 0 Å². The molecule has 0 aliphatic carbocycles. The van der Waals surface area contributed by atoms with Crippen molar-refractivity contribution < 1.29 is 9.50 Å². The van der Waals surface area contributed by atoms with Crippen LogP contribution in [-0.2, 0) is 6.42 Å². The van der Waals surface area contributed by atoms with Gasteiger partial charge in [-0.3, -0.25) is 0 Å². The third-order valence-electron chi connectivity index (χ3n) is 2.77. The van der Waals surface area contributed by atoms with Gasteiger partial charge in [-0.15, -0.1) is 0 Å². The van der Waals surface area contributed by atoms with E-state index in [1.165, 1.54) is 6.07 Å². The minimum atomic E-state index is -0.847. The van der Waals surface area contributed by atoms with Crippen LogP contribution in [0.2, 0.25) is 5.02 Å². The van der Waals surface area contributed by atoms with Crippen LogP contribution in [0.4, 0.5) is 4.39 Å². The van der Waals surface area contributed by atoms with Crippen molar-refractivity contribution in [2.45, 2.75) is 12.5 Å². The first kappa shape index (κ1) is 15.0. The molecule has 1 N–H and O–H groups in total. The minimum Gasteiger partial charge on any atom is -0.388 e. The van der Waals surface area contributed by atoms with Crippen molar-refractivity contribution in [3.8, 4) is 0 Å². The first-order valence-corrected chi connectivity index (χ1v) is 7.51. The van der Waals surface area contributed by atoms with Gasteiger partial charge in [-0.2, -0.15) is 0 Å². The number of aliphatic hydroxyl groups excluding tert-OH is 1. The second-order valence-corrected chi connectivity index (χ2v) is 6.25. The molecule has 2 rings (SSSR count). The largest absolute Gasteiger partial charge is 0.388 e. The van der Waals surface area contributed by atoms with Gasteiger partial charge < -0.3 is 5.11 Å². The average Bonchev–Trinajstić information content (AvgIpc) is 2.36. The topological polar surface area (TPSA) is 20.2 Å². The molecule has 100 valence electrons. The molecule has 5 heteroatoms. The first-order chi connectivity index (χ1) is 8.99. The van der Waals surface area contributed by atoms with E-state index in [1.807, 2.05) is 0 Å². The lowest BCUT2D eigenvalue weighted by Gasteiger charge is -2.14. The molecule has 0 amide bonds. The molecule has 2 aromatic carbocycles. The third kappa shape index (κ3) is 3.57. The summed E-state index contributed by atoms with van der Waals surface area (Å²) in [5, 5.41) is 10.6. The van der Waals surface area contributed by atoms with Gasteiger partial charge in [0.2, 0.25) is 0 Å². The number of hydrogen-bond acceptors (Lipinski definition) is 1. The summed E-state index contributed by atoms with van der Waals surface area (Å²) < 4.78 is 15.1. The molecule has 0 fully saturated rings. The van der Waals surface area contributed by atoms with Crippen LogP contribution in [-0.4, -0.2) is 5.11 Å². The molecule has 1 unspecified atom stereocenters. The lowest BCUT2D eigenvalue weighted by molar-refractivity contribution is 0.177. The summed E-state index contributed by atoms with van der Waals surface area (Å²) in [5.41, 5.74) is 1.03. The molecule has 1 nitrogen and oxygen atoms in total. The van der Waals surface area contributed by atoms with Crippen molar-refractivity contribution in [1.82, 2.24) is 0 Å². The number of hydrogen-bond donors (Lipinski definition) is 1. The summed E-state index contributed by atoms with van der Waals surface area (Å²) in [4.78, 5) is 0. The zero-order valence-corrected chi connectivity index (χ0v) is 13.6.